The molecule has 0 saturated carbocycles. The summed E-state index contributed by atoms with van der Waals surface area (Å²) in [4.78, 5) is 24.3. The van der Waals surface area contributed by atoms with Gasteiger partial charge in [0.25, 0.3) is 5.91 Å². The number of nitriles is 1. The topological polar surface area (TPSA) is 82.0 Å². The molecule has 0 aliphatic carbocycles. The van der Waals surface area contributed by atoms with Gasteiger partial charge in [-0.3, -0.25) is 9.59 Å². The Morgan fingerprint density at radius 2 is 1.43 bits per heavy atom. The van der Waals surface area contributed by atoms with Crippen LogP contribution in [0.2, 0.25) is 0 Å². The smallest absolute Gasteiger partial charge is 0.255 e. The number of hydrogen-bond acceptors (Lipinski definition) is 3. The Morgan fingerprint density at radius 1 is 0.786 bits per heavy atom. The molecular weight excluding hydrogens is 350 g/mol. The van der Waals surface area contributed by atoms with Crippen LogP contribution < -0.4 is 10.6 Å². The summed E-state index contributed by atoms with van der Waals surface area (Å²) in [7, 11) is 0. The van der Waals surface area contributed by atoms with Crippen LogP contribution in [0.15, 0.2) is 84.9 Å². The molecule has 0 aliphatic rings. The van der Waals surface area contributed by atoms with Gasteiger partial charge in [0.05, 0.1) is 11.6 Å². The molecular formula is C23H17N3O2. The fourth-order valence-electron chi connectivity index (χ4n) is 2.52. The van der Waals surface area contributed by atoms with Crippen molar-refractivity contribution in [3.05, 3.63) is 102 Å². The number of anilines is 2. The van der Waals surface area contributed by atoms with E-state index in [0.29, 0.717) is 28.1 Å². The van der Waals surface area contributed by atoms with E-state index >= 15 is 0 Å². The van der Waals surface area contributed by atoms with E-state index in [4.69, 9.17) is 5.26 Å². The van der Waals surface area contributed by atoms with Gasteiger partial charge in [-0.15, -0.1) is 0 Å². The Kier molecular flexibility index (Phi) is 5.96. The number of carbonyl (C=O) groups is 2. The summed E-state index contributed by atoms with van der Waals surface area (Å²) >= 11 is 0. The molecule has 0 radical (unpaired) electrons. The van der Waals surface area contributed by atoms with E-state index in [0.717, 1.165) is 0 Å². The van der Waals surface area contributed by atoms with Gasteiger partial charge in [-0.1, -0.05) is 36.4 Å². The van der Waals surface area contributed by atoms with E-state index in [9.17, 15) is 9.59 Å². The second-order valence-electron chi connectivity index (χ2n) is 5.92. The summed E-state index contributed by atoms with van der Waals surface area (Å²) < 4.78 is 0. The van der Waals surface area contributed by atoms with Crippen LogP contribution in [0.5, 0.6) is 0 Å². The first-order valence-corrected chi connectivity index (χ1v) is 8.60. The van der Waals surface area contributed by atoms with Crippen molar-refractivity contribution in [2.75, 3.05) is 10.6 Å². The van der Waals surface area contributed by atoms with E-state index in [-0.39, 0.29) is 11.8 Å². The molecule has 0 unspecified atom stereocenters. The number of para-hydroxylation sites is 1. The number of carbonyl (C=O) groups excluding carboxylic acids is 2. The third-order valence-electron chi connectivity index (χ3n) is 3.94. The van der Waals surface area contributed by atoms with Crippen LogP contribution in [-0.4, -0.2) is 11.8 Å². The van der Waals surface area contributed by atoms with Crippen molar-refractivity contribution in [3.8, 4) is 6.07 Å². The zero-order chi connectivity index (χ0) is 19.8. The highest BCUT2D eigenvalue weighted by molar-refractivity contribution is 6.05. The van der Waals surface area contributed by atoms with Crippen LogP contribution in [0.1, 0.15) is 21.5 Å². The number of rotatable bonds is 5. The molecule has 2 amide bonds. The maximum atomic E-state index is 12.2. The summed E-state index contributed by atoms with van der Waals surface area (Å²) in [5.41, 5.74) is 2.95. The minimum Gasteiger partial charge on any atom is -0.323 e. The Morgan fingerprint density at radius 3 is 2.14 bits per heavy atom. The van der Waals surface area contributed by atoms with E-state index in [1.165, 1.54) is 6.08 Å². The minimum atomic E-state index is -0.325. The fraction of sp³-hybridized carbons (Fsp3) is 0. The van der Waals surface area contributed by atoms with Crippen LogP contribution in [0, 0.1) is 11.3 Å². The summed E-state index contributed by atoms with van der Waals surface area (Å²) in [5.74, 6) is -0.550. The second kappa shape index (κ2) is 8.97. The second-order valence-corrected chi connectivity index (χ2v) is 5.92. The van der Waals surface area contributed by atoms with E-state index in [2.05, 4.69) is 16.7 Å². The van der Waals surface area contributed by atoms with Crippen molar-refractivity contribution in [1.82, 2.24) is 0 Å². The molecule has 5 heteroatoms. The van der Waals surface area contributed by atoms with Gasteiger partial charge < -0.3 is 10.6 Å². The van der Waals surface area contributed by atoms with Gasteiger partial charge >= 0.3 is 0 Å². The standard InChI is InChI=1S/C23H17N3O2/c24-16-19-7-5-4-6-17(19)12-15-22(27)25-21-13-10-18(11-14-21)23(28)26-20-8-2-1-3-9-20/h1-15H,(H,25,27)(H,26,28)/b15-12+. The molecule has 0 aliphatic heterocycles. The van der Waals surface area contributed by atoms with E-state index in [1.807, 2.05) is 30.3 Å². The average Bonchev–Trinajstić information content (AvgIpc) is 2.73. The van der Waals surface area contributed by atoms with Crippen molar-refractivity contribution in [2.24, 2.45) is 0 Å². The number of nitrogens with one attached hydrogen (secondary N) is 2. The van der Waals surface area contributed by atoms with Crippen molar-refractivity contribution in [1.29, 1.82) is 5.26 Å². The highest BCUT2D eigenvalue weighted by atomic mass is 16.2. The summed E-state index contributed by atoms with van der Waals surface area (Å²) in [6.07, 6.45) is 2.96. The average molecular weight is 367 g/mol. The van der Waals surface area contributed by atoms with Crippen molar-refractivity contribution >= 4 is 29.3 Å². The highest BCUT2D eigenvalue weighted by Crippen LogP contribution is 2.13. The SMILES string of the molecule is N#Cc1ccccc1/C=C/C(=O)Nc1ccc(C(=O)Nc2ccccc2)cc1. The predicted octanol–water partition coefficient (Wildman–Crippen LogP) is 4.46. The van der Waals surface area contributed by atoms with E-state index in [1.54, 1.807) is 54.6 Å². The third kappa shape index (κ3) is 4.93. The molecule has 0 bridgehead atoms. The summed E-state index contributed by atoms with van der Waals surface area (Å²) in [6.45, 7) is 0. The van der Waals surface area contributed by atoms with Gasteiger partial charge in [0.1, 0.15) is 0 Å². The van der Waals surface area contributed by atoms with Gasteiger partial charge in [0.2, 0.25) is 5.91 Å². The zero-order valence-corrected chi connectivity index (χ0v) is 14.9. The van der Waals surface area contributed by atoms with Gasteiger partial charge in [-0.25, -0.2) is 0 Å². The molecule has 0 aromatic heterocycles. The number of benzene rings is 3. The Balaban J connectivity index is 1.61. The maximum absolute atomic E-state index is 12.2. The third-order valence-corrected chi connectivity index (χ3v) is 3.94. The van der Waals surface area contributed by atoms with Crippen molar-refractivity contribution in [3.63, 3.8) is 0 Å². The highest BCUT2D eigenvalue weighted by Gasteiger charge is 2.06. The molecule has 0 saturated heterocycles. The summed E-state index contributed by atoms with van der Waals surface area (Å²) in [5, 5.41) is 14.6. The molecule has 0 fully saturated rings. The molecule has 3 aromatic carbocycles. The largest absolute Gasteiger partial charge is 0.323 e. The Labute approximate surface area is 162 Å². The van der Waals surface area contributed by atoms with E-state index < -0.39 is 0 Å². The van der Waals surface area contributed by atoms with Crippen LogP contribution in [0.25, 0.3) is 6.08 Å². The molecule has 2 N–H and O–H groups in total. The van der Waals surface area contributed by atoms with Gasteiger partial charge in [-0.05, 0) is 54.1 Å². The Hall–Kier alpha value is -4.17. The molecule has 3 aromatic rings. The summed E-state index contributed by atoms with van der Waals surface area (Å²) in [6, 6.07) is 24.9. The monoisotopic (exact) mass is 367 g/mol. The number of amides is 2. The molecule has 136 valence electrons. The first-order valence-electron chi connectivity index (χ1n) is 8.60. The molecule has 5 nitrogen and oxygen atoms in total. The molecule has 3 rings (SSSR count). The normalized spacial score (nSPS) is 10.2. The fourth-order valence-corrected chi connectivity index (χ4v) is 2.52. The zero-order valence-electron chi connectivity index (χ0n) is 14.9. The number of hydrogen-bond donors (Lipinski definition) is 2. The maximum Gasteiger partial charge on any atom is 0.255 e. The molecule has 28 heavy (non-hydrogen) atoms. The molecule has 0 spiro atoms. The lowest BCUT2D eigenvalue weighted by molar-refractivity contribution is -0.111. The molecule has 0 heterocycles. The predicted molar refractivity (Wildman–Crippen MR) is 110 cm³/mol. The van der Waals surface area contributed by atoms with Crippen LogP contribution >= 0.6 is 0 Å². The Bertz CT molecular complexity index is 1050. The quantitative estimate of drug-likeness (QED) is 0.653. The van der Waals surface area contributed by atoms with Crippen molar-refractivity contribution < 1.29 is 9.59 Å². The molecule has 0 atom stereocenters. The lowest BCUT2D eigenvalue weighted by Crippen LogP contribution is -2.12. The first kappa shape index (κ1) is 18.6. The van der Waals surface area contributed by atoms with Crippen LogP contribution in [0.3, 0.4) is 0 Å². The van der Waals surface area contributed by atoms with Gasteiger partial charge in [-0.2, -0.15) is 5.26 Å². The number of nitrogens with zero attached hydrogens (tertiary/aromatic N) is 1. The first-order chi connectivity index (χ1) is 13.7. The van der Waals surface area contributed by atoms with Gasteiger partial charge in [0, 0.05) is 23.0 Å². The lowest BCUT2D eigenvalue weighted by Gasteiger charge is -2.06. The van der Waals surface area contributed by atoms with Crippen LogP contribution in [0.4, 0.5) is 11.4 Å². The van der Waals surface area contributed by atoms with Gasteiger partial charge in [0.15, 0.2) is 0 Å². The lowest BCUT2D eigenvalue weighted by atomic mass is 10.1. The van der Waals surface area contributed by atoms with Crippen molar-refractivity contribution in [2.45, 2.75) is 0 Å². The minimum absolute atomic E-state index is 0.225. The van der Waals surface area contributed by atoms with Crippen LogP contribution in [-0.2, 0) is 4.79 Å².